The van der Waals surface area contributed by atoms with Gasteiger partial charge in [0.15, 0.2) is 11.5 Å². The van der Waals surface area contributed by atoms with Crippen molar-refractivity contribution in [2.24, 2.45) is 5.10 Å². The molecule has 0 fully saturated rings. The van der Waals surface area contributed by atoms with Crippen molar-refractivity contribution in [3.63, 3.8) is 0 Å². The highest BCUT2D eigenvalue weighted by molar-refractivity contribution is 9.10. The van der Waals surface area contributed by atoms with Crippen LogP contribution in [0.15, 0.2) is 85.5 Å². The maximum atomic E-state index is 13.3. The summed E-state index contributed by atoms with van der Waals surface area (Å²) in [5.41, 5.74) is 0.921. The van der Waals surface area contributed by atoms with Gasteiger partial charge in [0.2, 0.25) is 5.82 Å². The number of methoxy groups -OCH3 is 1. The summed E-state index contributed by atoms with van der Waals surface area (Å²) < 4.78 is 13.0. The van der Waals surface area contributed by atoms with Crippen molar-refractivity contribution < 1.29 is 14.1 Å². The number of nitro groups is 1. The van der Waals surface area contributed by atoms with Crippen LogP contribution in [0.5, 0.6) is 5.75 Å². The van der Waals surface area contributed by atoms with E-state index in [2.05, 4.69) is 26.0 Å². The molecule has 2 aromatic heterocycles. The third-order valence-corrected chi connectivity index (χ3v) is 5.67. The Morgan fingerprint density at radius 3 is 2.76 bits per heavy atom. The van der Waals surface area contributed by atoms with Gasteiger partial charge in [-0.3, -0.25) is 14.9 Å². The molecule has 2 heterocycles. The summed E-state index contributed by atoms with van der Waals surface area (Å²) in [4.78, 5) is 28.8. The number of halogens is 1. The van der Waals surface area contributed by atoms with Crippen molar-refractivity contribution in [1.82, 2.24) is 9.66 Å². The highest BCUT2D eigenvalue weighted by atomic mass is 79.9. The minimum absolute atomic E-state index is 0.126. The second-order valence-electron chi connectivity index (χ2n) is 7.30. The standard InChI is InChI=1S/C24H15BrN4O5/c1-33-21-8-6-14(10-19(21)29(31)32)13-26-28-23(27-18-5-3-2-4-17(18)24(28)30)22-12-15-11-16(25)7-9-20(15)34-22/h2-13H,1H3. The molecule has 0 radical (unpaired) electrons. The Labute approximate surface area is 200 Å². The lowest BCUT2D eigenvalue weighted by Crippen LogP contribution is -2.20. The maximum Gasteiger partial charge on any atom is 0.311 e. The summed E-state index contributed by atoms with van der Waals surface area (Å²) in [6.07, 6.45) is 1.35. The Morgan fingerprint density at radius 2 is 1.97 bits per heavy atom. The molecule has 0 saturated carbocycles. The van der Waals surface area contributed by atoms with E-state index in [9.17, 15) is 14.9 Å². The summed E-state index contributed by atoms with van der Waals surface area (Å²) in [7, 11) is 1.36. The highest BCUT2D eigenvalue weighted by Gasteiger charge is 2.18. The number of ether oxygens (including phenoxy) is 1. The minimum Gasteiger partial charge on any atom is -0.490 e. The summed E-state index contributed by atoms with van der Waals surface area (Å²) in [6.45, 7) is 0. The number of benzene rings is 3. The van der Waals surface area contributed by atoms with Gasteiger partial charge in [-0.15, -0.1) is 0 Å². The van der Waals surface area contributed by atoms with Crippen LogP contribution >= 0.6 is 15.9 Å². The fourth-order valence-corrected chi connectivity index (χ4v) is 3.95. The van der Waals surface area contributed by atoms with E-state index >= 15 is 0 Å². The second-order valence-corrected chi connectivity index (χ2v) is 8.21. The van der Waals surface area contributed by atoms with Gasteiger partial charge in [0.25, 0.3) is 5.56 Å². The number of furan rings is 1. The lowest BCUT2D eigenvalue weighted by atomic mass is 10.2. The monoisotopic (exact) mass is 518 g/mol. The summed E-state index contributed by atoms with van der Waals surface area (Å²) in [5, 5.41) is 16.9. The number of nitro benzene ring substituents is 1. The van der Waals surface area contributed by atoms with Gasteiger partial charge in [-0.1, -0.05) is 28.1 Å². The van der Waals surface area contributed by atoms with E-state index in [4.69, 9.17) is 9.15 Å². The number of hydrogen-bond donors (Lipinski definition) is 0. The zero-order valence-electron chi connectivity index (χ0n) is 17.6. The van der Waals surface area contributed by atoms with Gasteiger partial charge >= 0.3 is 5.69 Å². The fourth-order valence-electron chi connectivity index (χ4n) is 3.57. The molecule has 0 bridgehead atoms. The van der Waals surface area contributed by atoms with Crippen molar-refractivity contribution >= 4 is 49.7 Å². The van der Waals surface area contributed by atoms with Crippen LogP contribution in [-0.2, 0) is 0 Å². The van der Waals surface area contributed by atoms with Crippen LogP contribution in [-0.4, -0.2) is 27.9 Å². The third kappa shape index (κ3) is 3.84. The molecule has 168 valence electrons. The summed E-state index contributed by atoms with van der Waals surface area (Å²) in [6, 6.07) is 18.7. The average molecular weight is 519 g/mol. The van der Waals surface area contributed by atoms with Crippen molar-refractivity contribution in [1.29, 1.82) is 0 Å². The largest absolute Gasteiger partial charge is 0.490 e. The first kappa shape index (κ1) is 21.5. The van der Waals surface area contributed by atoms with E-state index < -0.39 is 10.5 Å². The smallest absolute Gasteiger partial charge is 0.311 e. The minimum atomic E-state index is -0.544. The molecule has 0 unspecified atom stereocenters. The van der Waals surface area contributed by atoms with E-state index in [1.165, 1.54) is 25.5 Å². The van der Waals surface area contributed by atoms with Crippen molar-refractivity contribution in [2.75, 3.05) is 7.11 Å². The number of aromatic nitrogens is 2. The molecule has 5 aromatic rings. The van der Waals surface area contributed by atoms with Crippen LogP contribution in [0.4, 0.5) is 5.69 Å². The van der Waals surface area contributed by atoms with Crippen LogP contribution in [0, 0.1) is 10.1 Å². The molecule has 0 saturated heterocycles. The molecule has 3 aromatic carbocycles. The van der Waals surface area contributed by atoms with Gasteiger partial charge < -0.3 is 9.15 Å². The molecule has 34 heavy (non-hydrogen) atoms. The van der Waals surface area contributed by atoms with E-state index in [0.29, 0.717) is 27.8 Å². The lowest BCUT2D eigenvalue weighted by molar-refractivity contribution is -0.385. The van der Waals surface area contributed by atoms with Crippen LogP contribution in [0.1, 0.15) is 5.56 Å². The first-order valence-corrected chi connectivity index (χ1v) is 10.8. The van der Waals surface area contributed by atoms with E-state index in [1.54, 1.807) is 36.4 Å². The molecule has 5 rings (SSSR count). The van der Waals surface area contributed by atoms with E-state index in [1.807, 2.05) is 18.2 Å². The van der Waals surface area contributed by atoms with Gasteiger partial charge in [-0.25, -0.2) is 4.98 Å². The number of hydrogen-bond acceptors (Lipinski definition) is 7. The maximum absolute atomic E-state index is 13.3. The van der Waals surface area contributed by atoms with Gasteiger partial charge in [0.1, 0.15) is 5.58 Å². The predicted molar refractivity (Wildman–Crippen MR) is 132 cm³/mol. The topological polar surface area (TPSA) is 113 Å². The van der Waals surface area contributed by atoms with Gasteiger partial charge in [0, 0.05) is 21.5 Å². The van der Waals surface area contributed by atoms with Crippen LogP contribution in [0.3, 0.4) is 0 Å². The molecule has 0 aliphatic carbocycles. The van der Waals surface area contributed by atoms with Crippen molar-refractivity contribution in [2.45, 2.75) is 0 Å². The van der Waals surface area contributed by atoms with E-state index in [0.717, 1.165) is 14.5 Å². The van der Waals surface area contributed by atoms with Crippen LogP contribution in [0.25, 0.3) is 33.5 Å². The SMILES string of the molecule is COc1ccc(C=Nn2c(-c3cc4cc(Br)ccc4o3)nc3ccccc3c2=O)cc1[N+](=O)[O-]. The Balaban J connectivity index is 1.69. The van der Waals surface area contributed by atoms with Gasteiger partial charge in [-0.2, -0.15) is 9.78 Å². The Kier molecular flexibility index (Phi) is 5.42. The first-order chi connectivity index (χ1) is 16.4. The second kappa shape index (κ2) is 8.56. The number of rotatable bonds is 5. The molecule has 0 atom stereocenters. The highest BCUT2D eigenvalue weighted by Crippen LogP contribution is 2.30. The molecule has 9 nitrogen and oxygen atoms in total. The zero-order valence-corrected chi connectivity index (χ0v) is 19.2. The van der Waals surface area contributed by atoms with E-state index in [-0.39, 0.29) is 17.3 Å². The number of nitrogens with zero attached hydrogens (tertiary/aromatic N) is 4. The molecule has 0 spiro atoms. The molecule has 0 N–H and O–H groups in total. The van der Waals surface area contributed by atoms with Gasteiger partial charge in [0.05, 0.1) is 29.2 Å². The normalized spacial score (nSPS) is 11.5. The average Bonchev–Trinajstić information content (AvgIpc) is 3.26. The quantitative estimate of drug-likeness (QED) is 0.175. The molecule has 0 aliphatic rings. The first-order valence-electron chi connectivity index (χ1n) is 10.0. The zero-order chi connectivity index (χ0) is 23.8. The fraction of sp³-hybridized carbons (Fsp3) is 0.0417. The molecular weight excluding hydrogens is 504 g/mol. The predicted octanol–water partition coefficient (Wildman–Crippen LogP) is 5.37. The lowest BCUT2D eigenvalue weighted by Gasteiger charge is -2.07. The van der Waals surface area contributed by atoms with Gasteiger partial charge in [-0.05, 0) is 48.5 Å². The number of fused-ring (bicyclic) bond motifs is 2. The van der Waals surface area contributed by atoms with Crippen molar-refractivity contribution in [3.05, 3.63) is 97.2 Å². The Morgan fingerprint density at radius 1 is 1.15 bits per heavy atom. The molecule has 0 amide bonds. The molecular formula is C24H15BrN4O5. The Bertz CT molecular complexity index is 1670. The Hall–Kier alpha value is -4.31. The summed E-state index contributed by atoms with van der Waals surface area (Å²) in [5.74, 6) is 0.685. The number of para-hydroxylation sites is 1. The third-order valence-electron chi connectivity index (χ3n) is 5.17. The summed E-state index contributed by atoms with van der Waals surface area (Å²) >= 11 is 3.44. The van der Waals surface area contributed by atoms with Crippen LogP contribution in [0.2, 0.25) is 0 Å². The van der Waals surface area contributed by atoms with Crippen molar-refractivity contribution in [3.8, 4) is 17.3 Å². The molecule has 10 heteroatoms. The molecule has 0 aliphatic heterocycles. The van der Waals surface area contributed by atoms with Crippen LogP contribution < -0.4 is 10.3 Å².